The predicted molar refractivity (Wildman–Crippen MR) is 39.2 cm³/mol. The van der Waals surface area contributed by atoms with Gasteiger partial charge in [0.15, 0.2) is 0 Å². The van der Waals surface area contributed by atoms with E-state index in [1.165, 1.54) is 4.98 Å². The second kappa shape index (κ2) is 3.02. The fraction of sp³-hybridized carbons (Fsp3) is 0.200. The number of alkyl halides is 3. The molecule has 0 aromatic carbocycles. The van der Waals surface area contributed by atoms with Crippen LogP contribution in [-0.4, -0.2) is 15.1 Å². The van der Waals surface area contributed by atoms with Crippen LogP contribution in [0, 0.1) is 0 Å². The molecule has 0 fully saturated rings. The maximum atomic E-state index is 11.9. The average Bonchev–Trinajstić information content (AvgIpc) is 1.97. The smallest absolute Gasteiger partial charge is 0.449 e. The van der Waals surface area contributed by atoms with Gasteiger partial charge in [-0.1, -0.05) is 0 Å². The summed E-state index contributed by atoms with van der Waals surface area (Å²) in [6, 6.07) is 0. The molecule has 2 N–H and O–H groups in total. The third-order valence-corrected chi connectivity index (χ3v) is 1.83. The van der Waals surface area contributed by atoms with E-state index in [0.717, 1.165) is 0 Å². The van der Waals surface area contributed by atoms with Gasteiger partial charge in [-0.25, -0.2) is 0 Å². The van der Waals surface area contributed by atoms with Gasteiger partial charge < -0.3 is 10.1 Å². The Morgan fingerprint density at radius 3 is 2.38 bits per heavy atom. The molecule has 0 bridgehead atoms. The Labute approximate surface area is 77.6 Å². The Morgan fingerprint density at radius 1 is 1.46 bits per heavy atom. The number of aromatic hydroxyl groups is 1. The number of nitrogens with zero attached hydrogens (tertiary/aromatic N) is 1. The first-order valence-electron chi connectivity index (χ1n) is 2.88. The van der Waals surface area contributed by atoms with Crippen LogP contribution in [0.25, 0.3) is 0 Å². The fourth-order valence-electron chi connectivity index (χ4n) is 0.581. The SMILES string of the molecule is O=c1[nH]c(C(F)(F)F)nc(O)c1Br. The molecule has 0 aliphatic heterocycles. The van der Waals surface area contributed by atoms with E-state index in [1.54, 1.807) is 0 Å². The van der Waals surface area contributed by atoms with Crippen LogP contribution < -0.4 is 5.56 Å². The molecule has 4 nitrogen and oxygen atoms in total. The molecule has 0 atom stereocenters. The number of H-pyrrole nitrogens is 1. The molecular weight excluding hydrogens is 257 g/mol. The van der Waals surface area contributed by atoms with Gasteiger partial charge in [-0.3, -0.25) is 4.79 Å². The van der Waals surface area contributed by atoms with Gasteiger partial charge in [-0.15, -0.1) is 0 Å². The first-order valence-corrected chi connectivity index (χ1v) is 3.67. The van der Waals surface area contributed by atoms with Gasteiger partial charge in [0, 0.05) is 0 Å². The molecule has 1 aromatic heterocycles. The molecule has 0 unspecified atom stereocenters. The maximum Gasteiger partial charge on any atom is 0.449 e. The Balaban J connectivity index is 3.38. The van der Waals surface area contributed by atoms with Crippen molar-refractivity contribution in [1.82, 2.24) is 9.97 Å². The van der Waals surface area contributed by atoms with Crippen molar-refractivity contribution in [2.45, 2.75) is 6.18 Å². The molecule has 1 aromatic rings. The second-order valence-electron chi connectivity index (χ2n) is 2.05. The molecule has 0 aliphatic carbocycles. The minimum absolute atomic E-state index is 0.430. The van der Waals surface area contributed by atoms with Gasteiger partial charge in [-0.2, -0.15) is 18.2 Å². The van der Waals surface area contributed by atoms with Crippen LogP contribution in [0.5, 0.6) is 5.88 Å². The lowest BCUT2D eigenvalue weighted by Gasteiger charge is -2.05. The first-order chi connectivity index (χ1) is 5.82. The van der Waals surface area contributed by atoms with E-state index in [2.05, 4.69) is 20.9 Å². The third kappa shape index (κ3) is 2.00. The third-order valence-electron chi connectivity index (χ3n) is 1.11. The minimum atomic E-state index is -4.78. The number of hydrogen-bond acceptors (Lipinski definition) is 3. The van der Waals surface area contributed by atoms with Crippen LogP contribution >= 0.6 is 15.9 Å². The lowest BCUT2D eigenvalue weighted by Crippen LogP contribution is -2.19. The van der Waals surface area contributed by atoms with E-state index in [0.29, 0.717) is 0 Å². The van der Waals surface area contributed by atoms with Gasteiger partial charge in [0.25, 0.3) is 5.56 Å². The van der Waals surface area contributed by atoms with Crippen molar-refractivity contribution in [2.75, 3.05) is 0 Å². The minimum Gasteiger partial charge on any atom is -0.492 e. The van der Waals surface area contributed by atoms with Crippen molar-refractivity contribution in [3.63, 3.8) is 0 Å². The molecule has 0 aliphatic rings. The molecule has 72 valence electrons. The molecule has 0 saturated heterocycles. The van der Waals surface area contributed by atoms with E-state index in [1.807, 2.05) is 0 Å². The molecule has 0 spiro atoms. The molecular formula is C5H2BrF3N2O2. The number of rotatable bonds is 0. The maximum absolute atomic E-state index is 11.9. The molecule has 0 radical (unpaired) electrons. The highest BCUT2D eigenvalue weighted by atomic mass is 79.9. The summed E-state index contributed by atoms with van der Waals surface area (Å²) in [5, 5.41) is 8.77. The van der Waals surface area contributed by atoms with E-state index in [9.17, 15) is 18.0 Å². The van der Waals surface area contributed by atoms with Crippen molar-refractivity contribution in [1.29, 1.82) is 0 Å². The lowest BCUT2D eigenvalue weighted by atomic mass is 10.5. The predicted octanol–water partition coefficient (Wildman–Crippen LogP) is 1.26. The molecule has 13 heavy (non-hydrogen) atoms. The number of halogens is 4. The quantitative estimate of drug-likeness (QED) is 0.736. The molecule has 8 heteroatoms. The standard InChI is InChI=1S/C5H2BrF3N2O2/c6-1-2(12)10-4(5(7,8)9)11-3(1)13/h(H2,10,11,12,13). The summed E-state index contributed by atoms with van der Waals surface area (Å²) in [5.74, 6) is -2.52. The number of nitrogens with one attached hydrogen (secondary N) is 1. The zero-order chi connectivity index (χ0) is 10.2. The normalized spacial score (nSPS) is 11.7. The lowest BCUT2D eigenvalue weighted by molar-refractivity contribution is -0.145. The highest BCUT2D eigenvalue weighted by Gasteiger charge is 2.35. The van der Waals surface area contributed by atoms with Gasteiger partial charge in [0.1, 0.15) is 4.47 Å². The molecule has 0 saturated carbocycles. The van der Waals surface area contributed by atoms with Crippen LogP contribution in [0.15, 0.2) is 9.27 Å². The van der Waals surface area contributed by atoms with E-state index >= 15 is 0 Å². The summed E-state index contributed by atoms with van der Waals surface area (Å²) in [4.78, 5) is 14.9. The summed E-state index contributed by atoms with van der Waals surface area (Å²) in [6.45, 7) is 0. The molecule has 1 heterocycles. The van der Waals surface area contributed by atoms with Gasteiger partial charge in [0.05, 0.1) is 0 Å². The number of aromatic amines is 1. The Kier molecular flexibility index (Phi) is 2.33. The van der Waals surface area contributed by atoms with Gasteiger partial charge >= 0.3 is 6.18 Å². The zero-order valence-corrected chi connectivity index (χ0v) is 7.40. The Morgan fingerprint density at radius 2 is 2.00 bits per heavy atom. The van der Waals surface area contributed by atoms with Gasteiger partial charge in [-0.05, 0) is 15.9 Å². The highest BCUT2D eigenvalue weighted by Crippen LogP contribution is 2.27. The van der Waals surface area contributed by atoms with E-state index in [-0.39, 0.29) is 0 Å². The van der Waals surface area contributed by atoms with Crippen molar-refractivity contribution in [2.24, 2.45) is 0 Å². The zero-order valence-electron chi connectivity index (χ0n) is 5.81. The topological polar surface area (TPSA) is 66.0 Å². The Bertz CT molecular complexity index is 386. The summed E-state index contributed by atoms with van der Waals surface area (Å²) in [6.07, 6.45) is -4.78. The van der Waals surface area contributed by atoms with Crippen LogP contribution in [0.3, 0.4) is 0 Å². The first kappa shape index (κ1) is 10.0. The fourth-order valence-corrected chi connectivity index (χ4v) is 0.769. The second-order valence-corrected chi connectivity index (χ2v) is 2.84. The number of hydrogen-bond donors (Lipinski definition) is 2. The van der Waals surface area contributed by atoms with Crippen molar-refractivity contribution >= 4 is 15.9 Å². The van der Waals surface area contributed by atoms with Crippen molar-refractivity contribution in [3.05, 3.63) is 20.7 Å². The average molecular weight is 259 g/mol. The van der Waals surface area contributed by atoms with E-state index in [4.69, 9.17) is 5.11 Å². The number of aromatic nitrogens is 2. The van der Waals surface area contributed by atoms with Crippen LogP contribution in [0.2, 0.25) is 0 Å². The summed E-state index contributed by atoms with van der Waals surface area (Å²) < 4.78 is 35.3. The van der Waals surface area contributed by atoms with Gasteiger partial charge in [0.2, 0.25) is 11.7 Å². The monoisotopic (exact) mass is 258 g/mol. The Hall–Kier alpha value is -1.05. The summed E-state index contributed by atoms with van der Waals surface area (Å²) in [5.41, 5.74) is -1.08. The molecule has 0 amide bonds. The summed E-state index contributed by atoms with van der Waals surface area (Å²) >= 11 is 2.56. The van der Waals surface area contributed by atoms with E-state index < -0.39 is 27.9 Å². The van der Waals surface area contributed by atoms with Crippen molar-refractivity contribution in [3.8, 4) is 5.88 Å². The molecule has 1 rings (SSSR count). The van der Waals surface area contributed by atoms with Crippen LogP contribution in [0.4, 0.5) is 13.2 Å². The van der Waals surface area contributed by atoms with Crippen LogP contribution in [0.1, 0.15) is 5.82 Å². The van der Waals surface area contributed by atoms with Crippen molar-refractivity contribution < 1.29 is 18.3 Å². The largest absolute Gasteiger partial charge is 0.492 e. The summed E-state index contributed by atoms with van der Waals surface area (Å²) in [7, 11) is 0. The van der Waals surface area contributed by atoms with Crippen LogP contribution in [-0.2, 0) is 6.18 Å². The highest BCUT2D eigenvalue weighted by molar-refractivity contribution is 9.10.